The number of rotatable bonds is 4. The number of ketones is 1. The van der Waals surface area contributed by atoms with Crippen LogP contribution in [0.5, 0.6) is 0 Å². The molecule has 0 saturated carbocycles. The maximum absolute atomic E-state index is 11.8. The maximum Gasteiger partial charge on any atom is 0.318 e. The van der Waals surface area contributed by atoms with Crippen LogP contribution < -0.4 is 21.9 Å². The number of hydrogen-bond donors (Lipinski definition) is 3. The zero-order valence-electron chi connectivity index (χ0n) is 10.7. The Labute approximate surface area is 126 Å². The van der Waals surface area contributed by atoms with Gasteiger partial charge in [0, 0.05) is 12.8 Å². The van der Waals surface area contributed by atoms with Crippen molar-refractivity contribution in [2.45, 2.75) is 18.9 Å². The highest BCUT2D eigenvalue weighted by molar-refractivity contribution is 6.04. The van der Waals surface area contributed by atoms with Crippen molar-refractivity contribution in [2.75, 3.05) is 13.1 Å². The first-order valence-electron chi connectivity index (χ1n) is 6.04. The van der Waals surface area contributed by atoms with Crippen molar-refractivity contribution in [3.63, 3.8) is 0 Å². The minimum absolute atomic E-state index is 0. The molecular weight excluding hydrogens is 334 g/mol. The average molecular weight is 352 g/mol. The summed E-state index contributed by atoms with van der Waals surface area (Å²) in [5.41, 5.74) is 0. The predicted octanol–water partition coefficient (Wildman–Crippen LogP) is -5.25. The highest BCUT2D eigenvalue weighted by Crippen LogP contribution is 2.24. The largest absolute Gasteiger partial charge is 1.00 e. The van der Waals surface area contributed by atoms with Gasteiger partial charge in [-0.25, -0.2) is 0 Å². The van der Waals surface area contributed by atoms with Crippen LogP contribution in [0.1, 0.15) is 12.8 Å². The number of likely N-dealkylation sites (tertiary alicyclic amines) is 1. The third-order valence-corrected chi connectivity index (χ3v) is 3.79. The number of carbonyl (C=O) groups excluding carboxylic acids is 1. The van der Waals surface area contributed by atoms with Crippen molar-refractivity contribution in [1.29, 1.82) is 0 Å². The third kappa shape index (κ3) is 3.44. The first-order valence-corrected chi connectivity index (χ1v) is 6.04. The second kappa shape index (κ2) is 7.51. The van der Waals surface area contributed by atoms with E-state index in [9.17, 15) is 14.4 Å². The Bertz CT molecular complexity index is 404. The first kappa shape index (κ1) is 18.8. The van der Waals surface area contributed by atoms with Crippen molar-refractivity contribution in [3.05, 3.63) is 12.2 Å². The molecule has 0 radical (unpaired) electrons. The SMILES string of the molecule is O.O=C(O)C(C(=O)O)[C@@H]1C(=O)C=C[C@H]1[NH+]1CCCC1.[Br-]. The lowest BCUT2D eigenvalue weighted by atomic mass is 9.86. The maximum atomic E-state index is 11.8. The van der Waals surface area contributed by atoms with Gasteiger partial charge in [0.1, 0.15) is 12.0 Å². The topological polar surface area (TPSA) is 128 Å². The van der Waals surface area contributed by atoms with E-state index < -0.39 is 23.8 Å². The fourth-order valence-electron chi connectivity index (χ4n) is 2.94. The van der Waals surface area contributed by atoms with Gasteiger partial charge in [0.25, 0.3) is 0 Å². The normalized spacial score (nSPS) is 25.4. The van der Waals surface area contributed by atoms with E-state index in [1.165, 1.54) is 6.08 Å². The third-order valence-electron chi connectivity index (χ3n) is 3.79. The number of allylic oxidation sites excluding steroid dienone is 1. The molecule has 1 aliphatic heterocycles. The zero-order valence-corrected chi connectivity index (χ0v) is 12.3. The van der Waals surface area contributed by atoms with Gasteiger partial charge in [0.05, 0.1) is 13.1 Å². The van der Waals surface area contributed by atoms with Crippen LogP contribution in [0.4, 0.5) is 0 Å². The second-order valence-corrected chi connectivity index (χ2v) is 4.83. The number of carbonyl (C=O) groups is 3. The van der Waals surface area contributed by atoms with Crippen LogP contribution in [0.3, 0.4) is 0 Å². The summed E-state index contributed by atoms with van der Waals surface area (Å²) in [5.74, 6) is -5.87. The first-order chi connectivity index (χ1) is 8.52. The van der Waals surface area contributed by atoms with E-state index >= 15 is 0 Å². The van der Waals surface area contributed by atoms with E-state index in [1.54, 1.807) is 6.08 Å². The Balaban J connectivity index is 0.00000180. The lowest BCUT2D eigenvalue weighted by Gasteiger charge is -2.26. The van der Waals surface area contributed by atoms with Gasteiger partial charge in [-0.05, 0) is 12.2 Å². The molecule has 0 unspecified atom stereocenters. The molecule has 2 atom stereocenters. The van der Waals surface area contributed by atoms with Gasteiger partial charge in [0.2, 0.25) is 0 Å². The van der Waals surface area contributed by atoms with Gasteiger partial charge in [-0.3, -0.25) is 14.4 Å². The van der Waals surface area contributed by atoms with Crippen LogP contribution in [0.2, 0.25) is 0 Å². The molecule has 5 N–H and O–H groups in total. The fourth-order valence-corrected chi connectivity index (χ4v) is 2.94. The summed E-state index contributed by atoms with van der Waals surface area (Å²) in [5, 5.41) is 18.0. The molecule has 0 aromatic carbocycles. The molecule has 1 saturated heterocycles. The summed E-state index contributed by atoms with van der Waals surface area (Å²) >= 11 is 0. The molecule has 2 rings (SSSR count). The van der Waals surface area contributed by atoms with Gasteiger partial charge in [0.15, 0.2) is 11.7 Å². The molecule has 8 heteroatoms. The molecule has 0 amide bonds. The summed E-state index contributed by atoms with van der Waals surface area (Å²) in [4.78, 5) is 35.0. The lowest BCUT2D eigenvalue weighted by molar-refractivity contribution is -0.909. The van der Waals surface area contributed by atoms with Gasteiger partial charge in [-0.15, -0.1) is 0 Å². The number of hydrogen-bond acceptors (Lipinski definition) is 3. The van der Waals surface area contributed by atoms with Crippen molar-refractivity contribution < 1.29 is 52.0 Å². The molecule has 0 aromatic heterocycles. The van der Waals surface area contributed by atoms with Gasteiger partial charge >= 0.3 is 11.9 Å². The minimum atomic E-state index is -1.65. The smallest absolute Gasteiger partial charge is 0.318 e. The molecule has 1 fully saturated rings. The summed E-state index contributed by atoms with van der Waals surface area (Å²) in [6.07, 6.45) is 5.07. The van der Waals surface area contributed by atoms with Gasteiger partial charge in [-0.2, -0.15) is 0 Å². The number of carboxylic acid groups (broad SMARTS) is 2. The van der Waals surface area contributed by atoms with E-state index in [-0.39, 0.29) is 34.3 Å². The molecule has 1 heterocycles. The van der Waals surface area contributed by atoms with Crippen LogP contribution >= 0.6 is 0 Å². The van der Waals surface area contributed by atoms with E-state index in [4.69, 9.17) is 10.2 Å². The Hall–Kier alpha value is -1.25. The van der Waals surface area contributed by atoms with E-state index in [2.05, 4.69) is 0 Å². The fraction of sp³-hybridized carbons (Fsp3) is 0.583. The van der Waals surface area contributed by atoms with Crippen molar-refractivity contribution >= 4 is 17.7 Å². The zero-order chi connectivity index (χ0) is 13.3. The van der Waals surface area contributed by atoms with Crippen molar-refractivity contribution in [2.24, 2.45) is 11.8 Å². The summed E-state index contributed by atoms with van der Waals surface area (Å²) in [6, 6.07) is -0.308. The van der Waals surface area contributed by atoms with E-state index in [0.29, 0.717) is 0 Å². The Morgan fingerprint density at radius 2 is 1.70 bits per heavy atom. The number of carboxylic acids is 2. The van der Waals surface area contributed by atoms with Crippen LogP contribution in [-0.2, 0) is 14.4 Å². The molecule has 1 aliphatic carbocycles. The lowest BCUT2D eigenvalue weighted by Crippen LogP contribution is -3.14. The Kier molecular flexibility index (Phi) is 7.04. The predicted molar refractivity (Wildman–Crippen MR) is 63.7 cm³/mol. The second-order valence-electron chi connectivity index (χ2n) is 4.83. The average Bonchev–Trinajstić information content (AvgIpc) is 2.88. The van der Waals surface area contributed by atoms with Crippen molar-refractivity contribution in [3.8, 4) is 0 Å². The van der Waals surface area contributed by atoms with E-state index in [1.807, 2.05) is 0 Å². The molecule has 20 heavy (non-hydrogen) atoms. The van der Waals surface area contributed by atoms with Crippen molar-refractivity contribution in [1.82, 2.24) is 0 Å². The highest BCUT2D eigenvalue weighted by atomic mass is 79.9. The summed E-state index contributed by atoms with van der Waals surface area (Å²) < 4.78 is 0. The van der Waals surface area contributed by atoms with Gasteiger partial charge < -0.3 is 37.6 Å². The molecule has 0 spiro atoms. The Morgan fingerprint density at radius 3 is 2.15 bits per heavy atom. The minimum Gasteiger partial charge on any atom is -1.00 e. The number of quaternary nitrogens is 1. The highest BCUT2D eigenvalue weighted by Gasteiger charge is 2.49. The van der Waals surface area contributed by atoms with Crippen LogP contribution in [0.25, 0.3) is 0 Å². The number of aliphatic carboxylic acids is 2. The standard InChI is InChI=1S/C12H15NO5.BrH.H2O/c14-8-4-3-7(13-5-1-2-6-13)9(8)10(11(15)16)12(17)18;;/h3-4,7,9-10H,1-2,5-6H2,(H,15,16)(H,17,18);1H;1H2/t7-,9+;;/m1../s1. The molecular formula is C12H18BrNO6. The monoisotopic (exact) mass is 351 g/mol. The molecule has 7 nitrogen and oxygen atoms in total. The number of nitrogens with one attached hydrogen (secondary N) is 1. The summed E-state index contributed by atoms with van der Waals surface area (Å²) in [6.45, 7) is 1.73. The summed E-state index contributed by atoms with van der Waals surface area (Å²) in [7, 11) is 0. The Morgan fingerprint density at radius 1 is 1.20 bits per heavy atom. The van der Waals surface area contributed by atoms with Crippen LogP contribution in [0.15, 0.2) is 12.2 Å². The molecule has 2 aliphatic rings. The van der Waals surface area contributed by atoms with E-state index in [0.717, 1.165) is 30.8 Å². The molecule has 0 aromatic rings. The van der Waals surface area contributed by atoms with Crippen LogP contribution in [-0.4, -0.2) is 52.5 Å². The number of halogens is 1. The quantitative estimate of drug-likeness (QED) is 0.436. The molecule has 0 bridgehead atoms. The van der Waals surface area contributed by atoms with Gasteiger partial charge in [-0.1, -0.05) is 0 Å². The molecule has 114 valence electrons. The van der Waals surface area contributed by atoms with Crippen LogP contribution in [0, 0.1) is 11.8 Å².